The zero-order chi connectivity index (χ0) is 20.7. The van der Waals surface area contributed by atoms with Crippen LogP contribution in [0.25, 0.3) is 10.2 Å². The molecule has 2 amide bonds. The molecular weight excluding hydrogens is 418 g/mol. The van der Waals surface area contributed by atoms with E-state index in [2.05, 4.69) is 10.2 Å². The number of amides is 2. The van der Waals surface area contributed by atoms with Crippen LogP contribution in [-0.2, 0) is 12.8 Å². The standard InChI is InChI=1S/C22H24ClN5OS/c1-14-24-20(19-17-7-2-3-8-18(17)30-21(19)25-14)27-9-11-28(12-10-27)22(29)26-16-6-4-5-15(23)13-16/h4-6,13H,2-3,7-12H2,1H3,(H,26,29). The third-order valence-electron chi connectivity index (χ3n) is 5.85. The highest BCUT2D eigenvalue weighted by atomic mass is 35.5. The molecule has 0 spiro atoms. The van der Waals surface area contributed by atoms with Gasteiger partial charge in [0.05, 0.1) is 5.39 Å². The van der Waals surface area contributed by atoms with Gasteiger partial charge in [-0.05, 0) is 56.4 Å². The van der Waals surface area contributed by atoms with Crippen molar-refractivity contribution in [3.05, 3.63) is 45.6 Å². The van der Waals surface area contributed by atoms with Gasteiger partial charge in [0.15, 0.2) is 0 Å². The van der Waals surface area contributed by atoms with E-state index in [0.717, 1.165) is 42.4 Å². The number of rotatable bonds is 2. The number of fused-ring (bicyclic) bond motifs is 3. The zero-order valence-corrected chi connectivity index (χ0v) is 18.5. The lowest BCUT2D eigenvalue weighted by atomic mass is 9.97. The molecule has 8 heteroatoms. The van der Waals surface area contributed by atoms with Crippen molar-refractivity contribution in [1.29, 1.82) is 0 Å². The normalized spacial score (nSPS) is 16.6. The third kappa shape index (κ3) is 3.72. The smallest absolute Gasteiger partial charge is 0.321 e. The molecular formula is C22H24ClN5OS. The molecule has 0 atom stereocenters. The summed E-state index contributed by atoms with van der Waals surface area (Å²) in [5.41, 5.74) is 2.17. The minimum atomic E-state index is -0.0890. The maximum atomic E-state index is 12.7. The van der Waals surface area contributed by atoms with Crippen LogP contribution in [0, 0.1) is 6.92 Å². The molecule has 30 heavy (non-hydrogen) atoms. The molecule has 1 saturated heterocycles. The summed E-state index contributed by atoms with van der Waals surface area (Å²) in [5, 5.41) is 4.80. The molecule has 2 aliphatic rings. The van der Waals surface area contributed by atoms with Crippen molar-refractivity contribution in [3.63, 3.8) is 0 Å². The highest BCUT2D eigenvalue weighted by Crippen LogP contribution is 2.39. The van der Waals surface area contributed by atoms with Gasteiger partial charge in [0, 0.05) is 41.8 Å². The van der Waals surface area contributed by atoms with E-state index in [1.807, 2.05) is 35.3 Å². The summed E-state index contributed by atoms with van der Waals surface area (Å²) in [6, 6.07) is 7.15. The van der Waals surface area contributed by atoms with Crippen LogP contribution in [0.5, 0.6) is 0 Å². The predicted octanol–water partition coefficient (Wildman–Crippen LogP) is 4.89. The number of nitrogens with one attached hydrogen (secondary N) is 1. The van der Waals surface area contributed by atoms with E-state index in [0.29, 0.717) is 23.8 Å². The molecule has 1 aromatic carbocycles. The van der Waals surface area contributed by atoms with Gasteiger partial charge in [-0.2, -0.15) is 0 Å². The second-order valence-electron chi connectivity index (χ2n) is 7.90. The van der Waals surface area contributed by atoms with Crippen molar-refractivity contribution in [2.75, 3.05) is 36.4 Å². The second-order valence-corrected chi connectivity index (χ2v) is 9.42. The number of carbonyl (C=O) groups excluding carboxylic acids is 1. The Morgan fingerprint density at radius 1 is 1.13 bits per heavy atom. The van der Waals surface area contributed by atoms with Gasteiger partial charge >= 0.3 is 6.03 Å². The molecule has 0 bridgehead atoms. The number of hydrogen-bond acceptors (Lipinski definition) is 5. The van der Waals surface area contributed by atoms with Crippen LogP contribution in [0.1, 0.15) is 29.1 Å². The Labute approximate surface area is 184 Å². The Kier molecular flexibility index (Phi) is 5.25. The molecule has 1 fully saturated rings. The predicted molar refractivity (Wildman–Crippen MR) is 123 cm³/mol. The number of benzene rings is 1. The number of nitrogens with zero attached hydrogens (tertiary/aromatic N) is 4. The quantitative estimate of drug-likeness (QED) is 0.615. The monoisotopic (exact) mass is 441 g/mol. The van der Waals surface area contributed by atoms with Gasteiger partial charge in [0.25, 0.3) is 0 Å². The fraction of sp³-hybridized carbons (Fsp3) is 0.409. The lowest BCUT2D eigenvalue weighted by molar-refractivity contribution is 0.208. The van der Waals surface area contributed by atoms with Crippen LogP contribution in [0.2, 0.25) is 5.02 Å². The summed E-state index contributed by atoms with van der Waals surface area (Å²) in [7, 11) is 0. The SMILES string of the molecule is Cc1nc(N2CCN(C(=O)Nc3cccc(Cl)c3)CC2)c2c3c(sc2n1)CCCC3. The molecule has 3 aromatic rings. The summed E-state index contributed by atoms with van der Waals surface area (Å²) in [4.78, 5) is 29.0. The molecule has 5 rings (SSSR count). The Morgan fingerprint density at radius 2 is 1.93 bits per heavy atom. The number of urea groups is 1. The van der Waals surface area contributed by atoms with Gasteiger partial charge in [0.1, 0.15) is 16.5 Å². The first kappa shape index (κ1) is 19.6. The number of aryl methyl sites for hydroxylation is 3. The Morgan fingerprint density at radius 3 is 2.73 bits per heavy atom. The topological polar surface area (TPSA) is 61.4 Å². The number of carbonyl (C=O) groups is 1. The minimum Gasteiger partial charge on any atom is -0.352 e. The summed E-state index contributed by atoms with van der Waals surface area (Å²) >= 11 is 7.86. The maximum absolute atomic E-state index is 12.7. The molecule has 0 saturated carbocycles. The average molecular weight is 442 g/mol. The van der Waals surface area contributed by atoms with Crippen molar-refractivity contribution < 1.29 is 4.79 Å². The Hall–Kier alpha value is -2.38. The molecule has 156 valence electrons. The Bertz CT molecular complexity index is 1110. The van der Waals surface area contributed by atoms with Crippen LogP contribution in [0.15, 0.2) is 24.3 Å². The van der Waals surface area contributed by atoms with Crippen LogP contribution >= 0.6 is 22.9 Å². The van der Waals surface area contributed by atoms with Gasteiger partial charge < -0.3 is 15.1 Å². The van der Waals surface area contributed by atoms with E-state index < -0.39 is 0 Å². The van der Waals surface area contributed by atoms with Crippen molar-refractivity contribution >= 4 is 50.7 Å². The first-order valence-electron chi connectivity index (χ1n) is 10.4. The fourth-order valence-electron chi connectivity index (χ4n) is 4.36. The Balaban J connectivity index is 1.34. The molecule has 1 N–H and O–H groups in total. The largest absolute Gasteiger partial charge is 0.352 e. The van der Waals surface area contributed by atoms with Crippen LogP contribution < -0.4 is 10.2 Å². The van der Waals surface area contributed by atoms with E-state index in [1.54, 1.807) is 12.1 Å². The van der Waals surface area contributed by atoms with Crippen molar-refractivity contribution in [2.24, 2.45) is 0 Å². The molecule has 2 aromatic heterocycles. The number of piperazine rings is 1. The maximum Gasteiger partial charge on any atom is 0.321 e. The first-order valence-corrected chi connectivity index (χ1v) is 11.6. The van der Waals surface area contributed by atoms with E-state index in [1.165, 1.54) is 28.7 Å². The molecule has 6 nitrogen and oxygen atoms in total. The number of halogens is 1. The van der Waals surface area contributed by atoms with Crippen molar-refractivity contribution in [3.8, 4) is 0 Å². The lowest BCUT2D eigenvalue weighted by Gasteiger charge is -2.35. The van der Waals surface area contributed by atoms with Crippen LogP contribution in [-0.4, -0.2) is 47.1 Å². The average Bonchev–Trinajstić information content (AvgIpc) is 3.11. The van der Waals surface area contributed by atoms with Gasteiger partial charge in [-0.25, -0.2) is 14.8 Å². The second kappa shape index (κ2) is 8.04. The lowest BCUT2D eigenvalue weighted by Crippen LogP contribution is -2.50. The molecule has 3 heterocycles. The molecule has 1 aliphatic carbocycles. The summed E-state index contributed by atoms with van der Waals surface area (Å²) in [6.07, 6.45) is 4.79. The van der Waals surface area contributed by atoms with Gasteiger partial charge in [-0.15, -0.1) is 11.3 Å². The molecule has 0 unspecified atom stereocenters. The minimum absolute atomic E-state index is 0.0890. The summed E-state index contributed by atoms with van der Waals surface area (Å²) < 4.78 is 0. The highest BCUT2D eigenvalue weighted by Gasteiger charge is 2.27. The van der Waals surface area contributed by atoms with Crippen LogP contribution in [0.4, 0.5) is 16.3 Å². The third-order valence-corrected chi connectivity index (χ3v) is 7.27. The summed E-state index contributed by atoms with van der Waals surface area (Å²) in [6.45, 7) is 4.81. The van der Waals surface area contributed by atoms with Gasteiger partial charge in [-0.3, -0.25) is 0 Å². The van der Waals surface area contributed by atoms with E-state index in [9.17, 15) is 4.79 Å². The van der Waals surface area contributed by atoms with Crippen molar-refractivity contribution in [2.45, 2.75) is 32.6 Å². The highest BCUT2D eigenvalue weighted by molar-refractivity contribution is 7.19. The van der Waals surface area contributed by atoms with Crippen molar-refractivity contribution in [1.82, 2.24) is 14.9 Å². The van der Waals surface area contributed by atoms with Crippen LogP contribution in [0.3, 0.4) is 0 Å². The molecule has 1 aliphatic heterocycles. The first-order chi connectivity index (χ1) is 14.6. The van der Waals surface area contributed by atoms with Gasteiger partial charge in [-0.1, -0.05) is 17.7 Å². The van der Waals surface area contributed by atoms with E-state index in [-0.39, 0.29) is 6.03 Å². The van der Waals surface area contributed by atoms with E-state index >= 15 is 0 Å². The molecule has 0 radical (unpaired) electrons. The number of anilines is 2. The number of thiophene rings is 1. The fourth-order valence-corrected chi connectivity index (χ4v) is 5.85. The number of hydrogen-bond donors (Lipinski definition) is 1. The zero-order valence-electron chi connectivity index (χ0n) is 16.9. The summed E-state index contributed by atoms with van der Waals surface area (Å²) in [5.74, 6) is 1.86. The van der Waals surface area contributed by atoms with Gasteiger partial charge in [0.2, 0.25) is 0 Å². The number of aromatic nitrogens is 2. The van der Waals surface area contributed by atoms with E-state index in [4.69, 9.17) is 21.6 Å².